The van der Waals surface area contributed by atoms with Crippen LogP contribution in [0.25, 0.3) is 0 Å². The molecule has 1 rings (SSSR count). The number of amides is 1. The van der Waals surface area contributed by atoms with Crippen molar-refractivity contribution in [1.82, 2.24) is 10.3 Å². The number of hydrogen-bond acceptors (Lipinski definition) is 3. The molecule has 4 nitrogen and oxygen atoms in total. The summed E-state index contributed by atoms with van der Waals surface area (Å²) in [6.07, 6.45) is 0. The van der Waals surface area contributed by atoms with E-state index in [9.17, 15) is 4.79 Å². The Kier molecular flexibility index (Phi) is 3.42. The lowest BCUT2D eigenvalue weighted by molar-refractivity contribution is -0.125. The third-order valence-electron chi connectivity index (χ3n) is 1.96. The zero-order chi connectivity index (χ0) is 11.5. The second kappa shape index (κ2) is 4.40. The van der Waals surface area contributed by atoms with Crippen LogP contribution in [0.2, 0.25) is 0 Å². The van der Waals surface area contributed by atoms with Crippen molar-refractivity contribution < 1.29 is 4.79 Å². The van der Waals surface area contributed by atoms with Crippen molar-refractivity contribution in [3.05, 3.63) is 29.6 Å². The SMILES string of the molecule is Cc1cccc(CNC(=O)C(C)(C)N)n1. The number of hydrogen-bond donors (Lipinski definition) is 2. The molecule has 1 aromatic rings. The van der Waals surface area contributed by atoms with Gasteiger partial charge in [0.2, 0.25) is 5.91 Å². The van der Waals surface area contributed by atoms with Crippen molar-refractivity contribution >= 4 is 5.91 Å². The highest BCUT2D eigenvalue weighted by Gasteiger charge is 2.21. The molecule has 0 unspecified atom stereocenters. The third-order valence-corrected chi connectivity index (χ3v) is 1.96. The number of rotatable bonds is 3. The molecule has 1 amide bonds. The predicted octanol–water partition coefficient (Wildman–Crippen LogP) is 0.744. The molecule has 0 aromatic carbocycles. The minimum absolute atomic E-state index is 0.175. The van der Waals surface area contributed by atoms with Gasteiger partial charge in [-0.25, -0.2) is 0 Å². The number of carbonyl (C=O) groups is 1. The molecule has 0 aliphatic carbocycles. The van der Waals surface area contributed by atoms with Crippen molar-refractivity contribution in [3.63, 3.8) is 0 Å². The van der Waals surface area contributed by atoms with Gasteiger partial charge in [0, 0.05) is 5.69 Å². The Bertz CT molecular complexity index is 355. The van der Waals surface area contributed by atoms with Gasteiger partial charge < -0.3 is 11.1 Å². The van der Waals surface area contributed by atoms with Gasteiger partial charge in [-0.15, -0.1) is 0 Å². The highest BCUT2D eigenvalue weighted by molar-refractivity contribution is 5.84. The summed E-state index contributed by atoms with van der Waals surface area (Å²) in [6, 6.07) is 5.70. The average molecular weight is 207 g/mol. The van der Waals surface area contributed by atoms with Gasteiger partial charge in [-0.3, -0.25) is 9.78 Å². The fourth-order valence-corrected chi connectivity index (χ4v) is 1.10. The lowest BCUT2D eigenvalue weighted by Gasteiger charge is -2.17. The van der Waals surface area contributed by atoms with Crippen LogP contribution in [0.4, 0.5) is 0 Å². The van der Waals surface area contributed by atoms with Gasteiger partial charge in [-0.05, 0) is 32.9 Å². The number of nitrogens with zero attached hydrogens (tertiary/aromatic N) is 1. The predicted molar refractivity (Wildman–Crippen MR) is 59.1 cm³/mol. The molecule has 0 saturated carbocycles. The Morgan fingerprint density at radius 3 is 2.73 bits per heavy atom. The highest BCUT2D eigenvalue weighted by Crippen LogP contribution is 2.00. The second-order valence-electron chi connectivity index (χ2n) is 4.17. The first kappa shape index (κ1) is 11.7. The lowest BCUT2D eigenvalue weighted by Crippen LogP contribution is -2.48. The molecule has 1 heterocycles. The van der Waals surface area contributed by atoms with Crippen LogP contribution < -0.4 is 11.1 Å². The number of carbonyl (C=O) groups excluding carboxylic acids is 1. The largest absolute Gasteiger partial charge is 0.349 e. The van der Waals surface area contributed by atoms with Crippen LogP contribution in [0.5, 0.6) is 0 Å². The van der Waals surface area contributed by atoms with Crippen molar-refractivity contribution in [2.75, 3.05) is 0 Å². The number of aromatic nitrogens is 1. The molecule has 0 bridgehead atoms. The van der Waals surface area contributed by atoms with Crippen molar-refractivity contribution in [2.45, 2.75) is 32.9 Å². The molecular formula is C11H17N3O. The van der Waals surface area contributed by atoms with E-state index in [1.165, 1.54) is 0 Å². The van der Waals surface area contributed by atoms with E-state index in [0.717, 1.165) is 11.4 Å². The molecule has 0 saturated heterocycles. The summed E-state index contributed by atoms with van der Waals surface area (Å²) in [5.41, 5.74) is 6.58. The summed E-state index contributed by atoms with van der Waals surface area (Å²) >= 11 is 0. The van der Waals surface area contributed by atoms with E-state index in [2.05, 4.69) is 10.3 Å². The van der Waals surface area contributed by atoms with Gasteiger partial charge in [0.1, 0.15) is 0 Å². The quantitative estimate of drug-likeness (QED) is 0.768. The van der Waals surface area contributed by atoms with Crippen LogP contribution in [0.15, 0.2) is 18.2 Å². The van der Waals surface area contributed by atoms with E-state index in [1.54, 1.807) is 13.8 Å². The van der Waals surface area contributed by atoms with Gasteiger partial charge in [0.15, 0.2) is 0 Å². The molecule has 4 heteroatoms. The Balaban J connectivity index is 2.55. The lowest BCUT2D eigenvalue weighted by atomic mass is 10.1. The van der Waals surface area contributed by atoms with E-state index in [-0.39, 0.29) is 5.91 Å². The Morgan fingerprint density at radius 1 is 1.53 bits per heavy atom. The van der Waals surface area contributed by atoms with Gasteiger partial charge in [-0.2, -0.15) is 0 Å². The monoisotopic (exact) mass is 207 g/mol. The number of nitrogens with two attached hydrogens (primary N) is 1. The first-order chi connectivity index (χ1) is 6.89. The van der Waals surface area contributed by atoms with Crippen molar-refractivity contribution in [3.8, 4) is 0 Å². The summed E-state index contributed by atoms with van der Waals surface area (Å²) < 4.78 is 0. The molecule has 15 heavy (non-hydrogen) atoms. The molecule has 3 N–H and O–H groups in total. The van der Waals surface area contributed by atoms with Crippen LogP contribution in [-0.2, 0) is 11.3 Å². The van der Waals surface area contributed by atoms with Gasteiger partial charge >= 0.3 is 0 Å². The van der Waals surface area contributed by atoms with Crippen LogP contribution in [0.1, 0.15) is 25.2 Å². The molecule has 0 fully saturated rings. The van der Waals surface area contributed by atoms with Crippen molar-refractivity contribution in [1.29, 1.82) is 0 Å². The second-order valence-corrected chi connectivity index (χ2v) is 4.17. The molecule has 0 atom stereocenters. The average Bonchev–Trinajstić information content (AvgIpc) is 2.12. The summed E-state index contributed by atoms with van der Waals surface area (Å²) in [5, 5.41) is 2.74. The zero-order valence-electron chi connectivity index (χ0n) is 9.37. The van der Waals surface area contributed by atoms with Crippen LogP contribution in [0.3, 0.4) is 0 Å². The fourth-order valence-electron chi connectivity index (χ4n) is 1.10. The topological polar surface area (TPSA) is 68.0 Å². The Labute approximate surface area is 89.9 Å². The molecule has 0 aliphatic rings. The number of aryl methyl sites for hydroxylation is 1. The highest BCUT2D eigenvalue weighted by atomic mass is 16.2. The molecule has 82 valence electrons. The maximum atomic E-state index is 11.5. The molecule has 0 spiro atoms. The van der Waals surface area contributed by atoms with E-state index in [0.29, 0.717) is 6.54 Å². The summed E-state index contributed by atoms with van der Waals surface area (Å²) in [4.78, 5) is 15.7. The van der Waals surface area contributed by atoms with E-state index < -0.39 is 5.54 Å². The standard InChI is InChI=1S/C11H17N3O/c1-8-5-4-6-9(14-8)7-13-10(15)11(2,3)12/h4-6H,7,12H2,1-3H3,(H,13,15). The molecule has 0 radical (unpaired) electrons. The molecule has 1 aromatic heterocycles. The summed E-state index contributed by atoms with van der Waals surface area (Å²) in [7, 11) is 0. The zero-order valence-corrected chi connectivity index (χ0v) is 9.37. The van der Waals surface area contributed by atoms with Crippen LogP contribution >= 0.6 is 0 Å². The number of nitrogens with one attached hydrogen (secondary N) is 1. The maximum absolute atomic E-state index is 11.5. The first-order valence-corrected chi connectivity index (χ1v) is 4.89. The number of pyridine rings is 1. The maximum Gasteiger partial charge on any atom is 0.239 e. The minimum Gasteiger partial charge on any atom is -0.349 e. The van der Waals surface area contributed by atoms with Crippen molar-refractivity contribution in [2.24, 2.45) is 5.73 Å². The normalized spacial score (nSPS) is 11.2. The van der Waals surface area contributed by atoms with Gasteiger partial charge in [0.25, 0.3) is 0 Å². The van der Waals surface area contributed by atoms with Crippen LogP contribution in [0, 0.1) is 6.92 Å². The summed E-state index contributed by atoms with van der Waals surface area (Å²) in [6.45, 7) is 5.68. The first-order valence-electron chi connectivity index (χ1n) is 4.89. The Hall–Kier alpha value is -1.42. The van der Waals surface area contributed by atoms with Crippen LogP contribution in [-0.4, -0.2) is 16.4 Å². The van der Waals surface area contributed by atoms with Gasteiger partial charge in [0.05, 0.1) is 17.8 Å². The van der Waals surface area contributed by atoms with E-state index in [4.69, 9.17) is 5.73 Å². The Morgan fingerprint density at radius 2 is 2.20 bits per heavy atom. The minimum atomic E-state index is -0.843. The fraction of sp³-hybridized carbons (Fsp3) is 0.455. The van der Waals surface area contributed by atoms with E-state index >= 15 is 0 Å². The van der Waals surface area contributed by atoms with Gasteiger partial charge in [-0.1, -0.05) is 6.07 Å². The smallest absolute Gasteiger partial charge is 0.239 e. The summed E-state index contributed by atoms with van der Waals surface area (Å²) in [5.74, 6) is -0.175. The third kappa shape index (κ3) is 3.67. The molecule has 0 aliphatic heterocycles. The van der Waals surface area contributed by atoms with E-state index in [1.807, 2.05) is 25.1 Å². The molecular weight excluding hydrogens is 190 g/mol.